The smallest absolute Gasteiger partial charge is 0.161 e. The predicted octanol–water partition coefficient (Wildman–Crippen LogP) is 3.84. The van der Waals surface area contributed by atoms with Gasteiger partial charge in [0.05, 0.1) is 13.3 Å². The average Bonchev–Trinajstić information content (AvgIpc) is 2.47. The molecule has 0 radical (unpaired) electrons. The molecule has 0 heterocycles. The van der Waals surface area contributed by atoms with Gasteiger partial charge in [-0.2, -0.15) is 0 Å². The molecule has 104 valence electrons. The molecule has 0 saturated heterocycles. The number of methoxy groups -OCH3 is 1. The molecule has 20 heavy (non-hydrogen) atoms. The van der Waals surface area contributed by atoms with Crippen LogP contribution in [-0.4, -0.2) is 18.5 Å². The third-order valence-corrected chi connectivity index (χ3v) is 3.23. The van der Waals surface area contributed by atoms with Gasteiger partial charge in [-0.3, -0.25) is 0 Å². The zero-order valence-corrected chi connectivity index (χ0v) is 12.5. The first kappa shape index (κ1) is 14.4. The Hall–Kier alpha value is -2.01. The van der Waals surface area contributed by atoms with Crippen LogP contribution < -0.4 is 9.47 Å². The first-order valence-electron chi connectivity index (χ1n) is 5.95. The number of nitrogens with zero attached hydrogens (tertiary/aromatic N) is 1. The molecule has 2 aromatic carbocycles. The molecule has 0 amide bonds. The van der Waals surface area contributed by atoms with Crippen molar-refractivity contribution in [2.24, 2.45) is 5.16 Å². The van der Waals surface area contributed by atoms with Crippen molar-refractivity contribution in [1.29, 1.82) is 0 Å². The van der Waals surface area contributed by atoms with Crippen LogP contribution in [0, 0.1) is 0 Å². The number of hydrogen-bond donors (Lipinski definition) is 1. The number of benzene rings is 2. The summed E-state index contributed by atoms with van der Waals surface area (Å²) in [6, 6.07) is 13.2. The number of oxime groups is 1. The maximum atomic E-state index is 8.52. The lowest BCUT2D eigenvalue weighted by atomic mass is 10.2. The van der Waals surface area contributed by atoms with E-state index in [9.17, 15) is 0 Å². The molecule has 5 heteroatoms. The van der Waals surface area contributed by atoms with E-state index >= 15 is 0 Å². The normalized spacial score (nSPS) is 10.7. The fraction of sp³-hybridized carbons (Fsp3) is 0.133. The van der Waals surface area contributed by atoms with E-state index in [0.717, 1.165) is 15.6 Å². The van der Waals surface area contributed by atoms with Crippen molar-refractivity contribution in [1.82, 2.24) is 0 Å². The molecule has 4 nitrogen and oxygen atoms in total. The van der Waals surface area contributed by atoms with Gasteiger partial charge in [-0.1, -0.05) is 33.2 Å². The van der Waals surface area contributed by atoms with E-state index in [1.54, 1.807) is 25.3 Å². The van der Waals surface area contributed by atoms with Crippen LogP contribution >= 0.6 is 15.9 Å². The molecular formula is C15H14BrNO3. The summed E-state index contributed by atoms with van der Waals surface area (Å²) in [5.74, 6) is 1.24. The van der Waals surface area contributed by atoms with Crippen molar-refractivity contribution in [3.8, 4) is 11.5 Å². The fourth-order valence-electron chi connectivity index (χ4n) is 1.69. The molecular weight excluding hydrogens is 322 g/mol. The molecule has 0 aliphatic carbocycles. The molecule has 2 rings (SSSR count). The van der Waals surface area contributed by atoms with Crippen LogP contribution in [0.1, 0.15) is 11.1 Å². The zero-order chi connectivity index (χ0) is 14.4. The van der Waals surface area contributed by atoms with Crippen LogP contribution in [0.4, 0.5) is 0 Å². The molecule has 0 bridgehead atoms. The molecule has 0 aromatic heterocycles. The van der Waals surface area contributed by atoms with Crippen LogP contribution in [0.3, 0.4) is 0 Å². The van der Waals surface area contributed by atoms with Gasteiger partial charge in [-0.05, 0) is 35.9 Å². The molecule has 0 aliphatic heterocycles. The van der Waals surface area contributed by atoms with Gasteiger partial charge < -0.3 is 14.7 Å². The van der Waals surface area contributed by atoms with Gasteiger partial charge in [0.1, 0.15) is 6.61 Å². The summed E-state index contributed by atoms with van der Waals surface area (Å²) in [5, 5.41) is 11.5. The van der Waals surface area contributed by atoms with E-state index in [0.29, 0.717) is 18.1 Å². The highest BCUT2D eigenvalue weighted by Crippen LogP contribution is 2.28. The molecule has 0 atom stereocenters. The summed E-state index contributed by atoms with van der Waals surface area (Å²) in [6.07, 6.45) is 1.33. The maximum Gasteiger partial charge on any atom is 0.161 e. The van der Waals surface area contributed by atoms with Gasteiger partial charge in [0.15, 0.2) is 11.5 Å². The highest BCUT2D eigenvalue weighted by Gasteiger charge is 2.05. The van der Waals surface area contributed by atoms with E-state index in [4.69, 9.17) is 14.7 Å². The van der Waals surface area contributed by atoms with Crippen LogP contribution in [0.5, 0.6) is 11.5 Å². The highest BCUT2D eigenvalue weighted by atomic mass is 79.9. The lowest BCUT2D eigenvalue weighted by Gasteiger charge is -2.11. The maximum absolute atomic E-state index is 8.52. The topological polar surface area (TPSA) is 51.0 Å². The Morgan fingerprint density at radius 1 is 1.15 bits per heavy atom. The lowest BCUT2D eigenvalue weighted by molar-refractivity contribution is 0.284. The summed E-state index contributed by atoms with van der Waals surface area (Å²) >= 11 is 3.39. The Labute approximate surface area is 125 Å². The van der Waals surface area contributed by atoms with Crippen LogP contribution in [-0.2, 0) is 6.61 Å². The zero-order valence-electron chi connectivity index (χ0n) is 10.9. The first-order valence-corrected chi connectivity index (χ1v) is 6.75. The summed E-state index contributed by atoms with van der Waals surface area (Å²) in [4.78, 5) is 0. The second-order valence-electron chi connectivity index (χ2n) is 4.07. The first-order chi connectivity index (χ1) is 9.72. The Bertz CT molecular complexity index is 597. The molecule has 0 unspecified atom stereocenters. The van der Waals surface area contributed by atoms with Crippen molar-refractivity contribution in [3.63, 3.8) is 0 Å². The van der Waals surface area contributed by atoms with Crippen LogP contribution in [0.2, 0.25) is 0 Å². The monoisotopic (exact) mass is 335 g/mol. The van der Waals surface area contributed by atoms with Crippen molar-refractivity contribution < 1.29 is 14.7 Å². The second kappa shape index (κ2) is 6.96. The van der Waals surface area contributed by atoms with Crippen molar-refractivity contribution in [2.75, 3.05) is 7.11 Å². The van der Waals surface area contributed by atoms with Gasteiger partial charge in [0.25, 0.3) is 0 Å². The molecule has 0 spiro atoms. The summed E-state index contributed by atoms with van der Waals surface area (Å²) in [7, 11) is 1.57. The van der Waals surface area contributed by atoms with E-state index in [-0.39, 0.29) is 0 Å². The number of ether oxygens (including phenoxy) is 2. The summed E-state index contributed by atoms with van der Waals surface area (Å²) in [5.41, 5.74) is 1.80. The Morgan fingerprint density at radius 3 is 2.55 bits per heavy atom. The van der Waals surface area contributed by atoms with E-state index in [2.05, 4.69) is 21.1 Å². The van der Waals surface area contributed by atoms with Crippen LogP contribution in [0.25, 0.3) is 0 Å². The van der Waals surface area contributed by atoms with Gasteiger partial charge in [-0.15, -0.1) is 0 Å². The van der Waals surface area contributed by atoms with Gasteiger partial charge in [0.2, 0.25) is 0 Å². The highest BCUT2D eigenvalue weighted by molar-refractivity contribution is 9.10. The van der Waals surface area contributed by atoms with E-state index in [1.807, 2.05) is 24.3 Å². The van der Waals surface area contributed by atoms with Gasteiger partial charge >= 0.3 is 0 Å². The largest absolute Gasteiger partial charge is 0.493 e. The third-order valence-electron chi connectivity index (χ3n) is 2.70. The summed E-state index contributed by atoms with van der Waals surface area (Å²) < 4.78 is 12.0. The fourth-order valence-corrected chi connectivity index (χ4v) is 1.96. The van der Waals surface area contributed by atoms with Crippen molar-refractivity contribution in [2.45, 2.75) is 6.61 Å². The third kappa shape index (κ3) is 3.74. The van der Waals surface area contributed by atoms with Crippen LogP contribution in [0.15, 0.2) is 52.1 Å². The minimum absolute atomic E-state index is 0.455. The predicted molar refractivity (Wildman–Crippen MR) is 80.8 cm³/mol. The number of hydrogen-bond acceptors (Lipinski definition) is 4. The van der Waals surface area contributed by atoms with Crippen molar-refractivity contribution in [3.05, 3.63) is 58.1 Å². The Kier molecular flexibility index (Phi) is 5.01. The molecule has 1 N–H and O–H groups in total. The van der Waals surface area contributed by atoms with E-state index < -0.39 is 0 Å². The number of halogens is 1. The Morgan fingerprint density at radius 2 is 1.90 bits per heavy atom. The average molecular weight is 336 g/mol. The van der Waals surface area contributed by atoms with E-state index in [1.165, 1.54) is 6.21 Å². The Balaban J connectivity index is 2.10. The number of rotatable bonds is 5. The SMILES string of the molecule is COc1cc(C=NO)ccc1OCc1ccc(Br)cc1. The molecule has 2 aromatic rings. The molecule has 0 aliphatic rings. The molecule has 0 fully saturated rings. The van der Waals surface area contributed by atoms with Gasteiger partial charge in [-0.25, -0.2) is 0 Å². The molecule has 0 saturated carbocycles. The van der Waals surface area contributed by atoms with Crippen molar-refractivity contribution >= 4 is 22.1 Å². The lowest BCUT2D eigenvalue weighted by Crippen LogP contribution is -1.98. The summed E-state index contributed by atoms with van der Waals surface area (Å²) in [6.45, 7) is 0.455. The standard InChI is InChI=1S/C15H14BrNO3/c1-19-15-8-12(9-17-18)4-7-14(15)20-10-11-2-5-13(16)6-3-11/h2-9,18H,10H2,1H3. The minimum Gasteiger partial charge on any atom is -0.493 e. The minimum atomic E-state index is 0.455. The second-order valence-corrected chi connectivity index (χ2v) is 4.99. The van der Waals surface area contributed by atoms with Gasteiger partial charge in [0, 0.05) is 10.0 Å². The quantitative estimate of drug-likeness (QED) is 0.513.